The Morgan fingerprint density at radius 3 is 1.82 bits per heavy atom. The molecule has 0 saturated heterocycles. The number of hydrogen-bond donors (Lipinski definition) is 2. The molecule has 0 bridgehead atoms. The zero-order valence-electron chi connectivity index (χ0n) is 18.6. The first-order valence-corrected chi connectivity index (χ1v) is 11.5. The highest BCUT2D eigenvalue weighted by Gasteiger charge is 2.33. The minimum absolute atomic E-state index is 0.167. The average molecular weight is 391 g/mol. The number of hydrogen-bond acceptors (Lipinski definition) is 2. The van der Waals surface area contributed by atoms with Crippen LogP contribution in [0.2, 0.25) is 0 Å². The molecule has 1 aromatic rings. The number of carboxylic acids is 1. The van der Waals surface area contributed by atoms with E-state index < -0.39 is 5.97 Å². The van der Waals surface area contributed by atoms with Gasteiger partial charge in [0.1, 0.15) is 5.75 Å². The molecule has 1 rings (SSSR count). The van der Waals surface area contributed by atoms with Crippen LogP contribution in [0.5, 0.6) is 5.75 Å². The van der Waals surface area contributed by atoms with Gasteiger partial charge in [-0.3, -0.25) is 4.79 Å². The lowest BCUT2D eigenvalue weighted by atomic mass is 9.70. The Morgan fingerprint density at radius 2 is 1.39 bits per heavy atom. The van der Waals surface area contributed by atoms with Crippen LogP contribution in [0.1, 0.15) is 115 Å². The van der Waals surface area contributed by atoms with Crippen molar-refractivity contribution in [2.45, 2.75) is 117 Å². The predicted molar refractivity (Wildman–Crippen MR) is 118 cm³/mol. The minimum atomic E-state index is -0.726. The SMILES string of the molecule is CCCCCCC(CC)(CC(=O)O)c1cc(CCCC)c(O)c(CCCC)c1. The van der Waals surface area contributed by atoms with Crippen LogP contribution in [-0.2, 0) is 23.1 Å². The molecule has 0 saturated carbocycles. The molecule has 28 heavy (non-hydrogen) atoms. The van der Waals surface area contributed by atoms with Crippen LogP contribution in [0, 0.1) is 0 Å². The van der Waals surface area contributed by atoms with Gasteiger partial charge in [-0.25, -0.2) is 0 Å². The number of aliphatic carboxylic acids is 1. The molecule has 3 heteroatoms. The van der Waals surface area contributed by atoms with Gasteiger partial charge in [-0.15, -0.1) is 0 Å². The Hall–Kier alpha value is -1.51. The van der Waals surface area contributed by atoms with E-state index in [0.29, 0.717) is 5.75 Å². The second kappa shape index (κ2) is 12.9. The van der Waals surface area contributed by atoms with Crippen molar-refractivity contribution in [3.05, 3.63) is 28.8 Å². The summed E-state index contributed by atoms with van der Waals surface area (Å²) in [6.45, 7) is 8.64. The highest BCUT2D eigenvalue weighted by Crippen LogP contribution is 2.41. The summed E-state index contributed by atoms with van der Waals surface area (Å²) in [5.41, 5.74) is 2.79. The second-order valence-electron chi connectivity index (χ2n) is 8.37. The standard InChI is InChI=1S/C25H42O3/c1-5-9-12-13-16-25(8-4,19-23(26)27)22-17-20(14-10-6-2)24(28)21(18-22)15-11-7-3/h17-18,28H,5-16,19H2,1-4H3,(H,26,27). The summed E-state index contributed by atoms with van der Waals surface area (Å²) in [6, 6.07) is 4.24. The third-order valence-corrected chi connectivity index (χ3v) is 6.15. The number of benzene rings is 1. The molecule has 0 radical (unpaired) electrons. The molecule has 3 nitrogen and oxygen atoms in total. The number of aromatic hydroxyl groups is 1. The minimum Gasteiger partial charge on any atom is -0.507 e. The van der Waals surface area contributed by atoms with Crippen molar-refractivity contribution in [2.24, 2.45) is 0 Å². The van der Waals surface area contributed by atoms with E-state index in [4.69, 9.17) is 0 Å². The first kappa shape index (κ1) is 24.5. The van der Waals surface area contributed by atoms with Crippen LogP contribution in [0.25, 0.3) is 0 Å². The summed E-state index contributed by atoms with van der Waals surface area (Å²) in [5, 5.41) is 20.5. The Morgan fingerprint density at radius 1 is 0.857 bits per heavy atom. The van der Waals surface area contributed by atoms with Crippen molar-refractivity contribution >= 4 is 5.97 Å². The van der Waals surface area contributed by atoms with Gasteiger partial charge >= 0.3 is 5.97 Å². The van der Waals surface area contributed by atoms with E-state index in [1.807, 2.05) is 0 Å². The maximum atomic E-state index is 11.8. The van der Waals surface area contributed by atoms with E-state index >= 15 is 0 Å². The maximum Gasteiger partial charge on any atom is 0.304 e. The van der Waals surface area contributed by atoms with Crippen LogP contribution in [0.15, 0.2) is 12.1 Å². The van der Waals surface area contributed by atoms with Crippen LogP contribution >= 0.6 is 0 Å². The quantitative estimate of drug-likeness (QED) is 0.312. The van der Waals surface area contributed by atoms with Crippen molar-refractivity contribution in [3.63, 3.8) is 0 Å². The predicted octanol–water partition coefficient (Wildman–Crippen LogP) is 7.17. The Labute approximate surface area is 172 Å². The number of aryl methyl sites for hydroxylation is 2. The van der Waals surface area contributed by atoms with Gasteiger partial charge in [-0.05, 0) is 55.2 Å². The molecule has 1 atom stereocenters. The van der Waals surface area contributed by atoms with Crippen molar-refractivity contribution in [2.75, 3.05) is 0 Å². The van der Waals surface area contributed by atoms with Gasteiger partial charge in [-0.1, -0.05) is 78.4 Å². The van der Waals surface area contributed by atoms with Crippen molar-refractivity contribution in [1.82, 2.24) is 0 Å². The number of phenols is 1. The normalized spacial score (nSPS) is 13.4. The molecule has 0 aliphatic rings. The lowest BCUT2D eigenvalue weighted by Crippen LogP contribution is -2.29. The van der Waals surface area contributed by atoms with E-state index in [1.54, 1.807) is 0 Å². The van der Waals surface area contributed by atoms with E-state index in [9.17, 15) is 15.0 Å². The van der Waals surface area contributed by atoms with E-state index in [2.05, 4.69) is 39.8 Å². The van der Waals surface area contributed by atoms with Gasteiger partial charge in [0.2, 0.25) is 0 Å². The molecule has 0 aliphatic carbocycles. The molecule has 160 valence electrons. The Bertz CT molecular complexity index is 564. The summed E-state index contributed by atoms with van der Waals surface area (Å²) in [7, 11) is 0. The molecule has 0 aliphatic heterocycles. The van der Waals surface area contributed by atoms with Crippen molar-refractivity contribution in [3.8, 4) is 5.75 Å². The van der Waals surface area contributed by atoms with E-state index in [1.165, 1.54) is 12.8 Å². The first-order chi connectivity index (χ1) is 13.4. The lowest BCUT2D eigenvalue weighted by Gasteiger charge is -2.33. The molecule has 1 aromatic carbocycles. The highest BCUT2D eigenvalue weighted by molar-refractivity contribution is 5.69. The summed E-state index contributed by atoms with van der Waals surface area (Å²) < 4.78 is 0. The van der Waals surface area contributed by atoms with E-state index in [0.717, 1.165) is 80.9 Å². The van der Waals surface area contributed by atoms with E-state index in [-0.39, 0.29) is 11.8 Å². The number of phenolic OH excluding ortho intramolecular Hbond substituents is 1. The highest BCUT2D eigenvalue weighted by atomic mass is 16.4. The zero-order valence-corrected chi connectivity index (χ0v) is 18.6. The number of carbonyl (C=O) groups is 1. The Balaban J connectivity index is 3.35. The monoisotopic (exact) mass is 390 g/mol. The Kier molecular flexibility index (Phi) is 11.3. The van der Waals surface area contributed by atoms with Crippen LogP contribution < -0.4 is 0 Å². The van der Waals surface area contributed by atoms with Gasteiger partial charge in [0.05, 0.1) is 6.42 Å². The van der Waals surface area contributed by atoms with Crippen LogP contribution in [0.4, 0.5) is 0 Å². The zero-order chi connectivity index (χ0) is 21.0. The summed E-state index contributed by atoms with van der Waals surface area (Å²) in [4.78, 5) is 11.8. The topological polar surface area (TPSA) is 57.5 Å². The molecule has 0 spiro atoms. The van der Waals surface area contributed by atoms with Crippen LogP contribution in [-0.4, -0.2) is 16.2 Å². The van der Waals surface area contributed by atoms with Gasteiger partial charge in [0, 0.05) is 5.41 Å². The van der Waals surface area contributed by atoms with Crippen molar-refractivity contribution in [1.29, 1.82) is 0 Å². The summed E-state index contributed by atoms with van der Waals surface area (Å²) in [5.74, 6) is -0.285. The average Bonchev–Trinajstić information content (AvgIpc) is 2.68. The van der Waals surface area contributed by atoms with Gasteiger partial charge in [0.25, 0.3) is 0 Å². The van der Waals surface area contributed by atoms with Gasteiger partial charge < -0.3 is 10.2 Å². The van der Waals surface area contributed by atoms with Crippen LogP contribution in [0.3, 0.4) is 0 Å². The summed E-state index contributed by atoms with van der Waals surface area (Å²) in [6.07, 6.45) is 12.4. The first-order valence-electron chi connectivity index (χ1n) is 11.5. The fourth-order valence-corrected chi connectivity index (χ4v) is 4.20. The molecule has 0 heterocycles. The molecule has 2 N–H and O–H groups in total. The number of carboxylic acid groups (broad SMARTS) is 1. The molecular weight excluding hydrogens is 348 g/mol. The molecule has 1 unspecified atom stereocenters. The fraction of sp³-hybridized carbons (Fsp3) is 0.720. The third-order valence-electron chi connectivity index (χ3n) is 6.15. The summed E-state index contributed by atoms with van der Waals surface area (Å²) >= 11 is 0. The lowest BCUT2D eigenvalue weighted by molar-refractivity contribution is -0.138. The smallest absolute Gasteiger partial charge is 0.304 e. The maximum absolute atomic E-state index is 11.8. The van der Waals surface area contributed by atoms with Crippen molar-refractivity contribution < 1.29 is 15.0 Å². The molecular formula is C25H42O3. The molecule has 0 aromatic heterocycles. The van der Waals surface area contributed by atoms with Gasteiger partial charge in [-0.2, -0.15) is 0 Å². The van der Waals surface area contributed by atoms with Gasteiger partial charge in [0.15, 0.2) is 0 Å². The third kappa shape index (κ3) is 7.14. The fourth-order valence-electron chi connectivity index (χ4n) is 4.20. The molecule has 0 fully saturated rings. The number of rotatable bonds is 15. The molecule has 0 amide bonds. The number of unbranched alkanes of at least 4 members (excludes halogenated alkanes) is 5. The largest absolute Gasteiger partial charge is 0.507 e. The second-order valence-corrected chi connectivity index (χ2v) is 8.37.